The molecule has 1 fully saturated rings. The van der Waals surface area contributed by atoms with E-state index in [9.17, 15) is 5.11 Å². The molecule has 1 heterocycles. The Labute approximate surface area is 120 Å². The standard InChI is InChI=1S/C14H25N5O/c1-15-14(16-7-11-5-3-4-6-11)17-9-13(20)12-8-18-19(2)10-12/h8,10-11,13,20H,3-7,9H2,1-2H3,(H2,15,16,17). The predicted molar refractivity (Wildman–Crippen MR) is 79.5 cm³/mol. The van der Waals surface area contributed by atoms with Crippen molar-refractivity contribution in [1.29, 1.82) is 0 Å². The van der Waals surface area contributed by atoms with Gasteiger partial charge >= 0.3 is 0 Å². The highest BCUT2D eigenvalue weighted by atomic mass is 16.3. The lowest BCUT2D eigenvalue weighted by Crippen LogP contribution is -2.41. The van der Waals surface area contributed by atoms with E-state index < -0.39 is 6.10 Å². The van der Waals surface area contributed by atoms with Crippen molar-refractivity contribution < 1.29 is 5.11 Å². The van der Waals surface area contributed by atoms with E-state index in [-0.39, 0.29) is 0 Å². The van der Waals surface area contributed by atoms with Crippen LogP contribution in [0.15, 0.2) is 17.4 Å². The molecule has 1 atom stereocenters. The minimum Gasteiger partial charge on any atom is -0.386 e. The summed E-state index contributed by atoms with van der Waals surface area (Å²) in [6.45, 7) is 1.39. The van der Waals surface area contributed by atoms with Gasteiger partial charge in [-0.25, -0.2) is 0 Å². The van der Waals surface area contributed by atoms with E-state index in [1.165, 1.54) is 25.7 Å². The normalized spacial score (nSPS) is 18.2. The minimum absolute atomic E-state index is 0.427. The van der Waals surface area contributed by atoms with Crippen LogP contribution in [-0.2, 0) is 7.05 Å². The molecule has 0 saturated heterocycles. The van der Waals surface area contributed by atoms with Crippen LogP contribution in [0.5, 0.6) is 0 Å². The fourth-order valence-corrected chi connectivity index (χ4v) is 2.60. The molecule has 112 valence electrons. The summed E-state index contributed by atoms with van der Waals surface area (Å²) >= 11 is 0. The van der Waals surface area contributed by atoms with Crippen LogP contribution in [0.1, 0.15) is 37.4 Å². The molecular weight excluding hydrogens is 254 g/mol. The van der Waals surface area contributed by atoms with Crippen molar-refractivity contribution in [2.75, 3.05) is 20.1 Å². The first-order valence-corrected chi connectivity index (χ1v) is 7.30. The van der Waals surface area contributed by atoms with E-state index >= 15 is 0 Å². The van der Waals surface area contributed by atoms with Gasteiger partial charge in [0.05, 0.1) is 12.3 Å². The Bertz CT molecular complexity index is 437. The maximum absolute atomic E-state index is 10.1. The maximum Gasteiger partial charge on any atom is 0.191 e. The fraction of sp³-hybridized carbons (Fsp3) is 0.714. The molecule has 20 heavy (non-hydrogen) atoms. The zero-order chi connectivity index (χ0) is 14.4. The third kappa shape index (κ3) is 4.23. The van der Waals surface area contributed by atoms with Crippen molar-refractivity contribution in [3.8, 4) is 0 Å². The van der Waals surface area contributed by atoms with Gasteiger partial charge in [-0.3, -0.25) is 9.67 Å². The molecule has 0 spiro atoms. The van der Waals surface area contributed by atoms with E-state index in [0.29, 0.717) is 6.54 Å². The van der Waals surface area contributed by atoms with Crippen molar-refractivity contribution in [2.45, 2.75) is 31.8 Å². The summed E-state index contributed by atoms with van der Waals surface area (Å²) in [5, 5.41) is 20.6. The summed E-state index contributed by atoms with van der Waals surface area (Å²) in [7, 11) is 3.59. The Morgan fingerprint density at radius 1 is 1.50 bits per heavy atom. The molecule has 1 unspecified atom stereocenters. The topological polar surface area (TPSA) is 74.5 Å². The summed E-state index contributed by atoms with van der Waals surface area (Å²) in [6.07, 6.45) is 8.23. The first-order valence-electron chi connectivity index (χ1n) is 7.30. The Balaban J connectivity index is 1.72. The van der Waals surface area contributed by atoms with Gasteiger partial charge in [-0.05, 0) is 18.8 Å². The van der Waals surface area contributed by atoms with E-state index in [1.807, 2.05) is 13.2 Å². The molecule has 1 aromatic heterocycles. The predicted octanol–water partition coefficient (Wildman–Crippen LogP) is 0.809. The van der Waals surface area contributed by atoms with Crippen molar-refractivity contribution in [3.63, 3.8) is 0 Å². The number of aliphatic hydroxyl groups is 1. The SMILES string of the molecule is CN=C(NCC1CCCC1)NCC(O)c1cnn(C)c1. The van der Waals surface area contributed by atoms with Crippen LogP contribution in [-0.4, -0.2) is 41.0 Å². The average molecular weight is 279 g/mol. The van der Waals surface area contributed by atoms with Crippen LogP contribution in [0.3, 0.4) is 0 Å². The number of guanidine groups is 1. The van der Waals surface area contributed by atoms with Crippen LogP contribution in [0.2, 0.25) is 0 Å². The molecule has 6 heteroatoms. The Kier molecular flexibility index (Phi) is 5.40. The lowest BCUT2D eigenvalue weighted by Gasteiger charge is -2.16. The molecule has 1 aliphatic carbocycles. The van der Waals surface area contributed by atoms with Gasteiger partial charge in [-0.1, -0.05) is 12.8 Å². The molecule has 3 N–H and O–H groups in total. The van der Waals surface area contributed by atoms with Crippen molar-refractivity contribution in [2.24, 2.45) is 18.0 Å². The van der Waals surface area contributed by atoms with Gasteiger partial charge in [0.15, 0.2) is 5.96 Å². The van der Waals surface area contributed by atoms with Crippen LogP contribution in [0, 0.1) is 5.92 Å². The number of nitrogens with zero attached hydrogens (tertiary/aromatic N) is 3. The molecule has 0 aliphatic heterocycles. The van der Waals surface area contributed by atoms with Gasteiger partial charge in [-0.2, -0.15) is 5.10 Å². The Hall–Kier alpha value is -1.56. The molecule has 0 amide bonds. The maximum atomic E-state index is 10.1. The molecule has 1 aromatic rings. The number of aliphatic hydroxyl groups excluding tert-OH is 1. The number of rotatable bonds is 5. The smallest absolute Gasteiger partial charge is 0.191 e. The molecule has 2 rings (SSSR count). The van der Waals surface area contributed by atoms with E-state index in [1.54, 1.807) is 17.9 Å². The first-order chi connectivity index (χ1) is 9.69. The number of aliphatic imine (C=N–C) groups is 1. The van der Waals surface area contributed by atoms with Gasteiger partial charge < -0.3 is 15.7 Å². The highest BCUT2D eigenvalue weighted by Crippen LogP contribution is 2.23. The third-order valence-electron chi connectivity index (χ3n) is 3.83. The van der Waals surface area contributed by atoms with Crippen LogP contribution in [0.25, 0.3) is 0 Å². The highest BCUT2D eigenvalue weighted by Gasteiger charge is 2.15. The first kappa shape index (κ1) is 14.8. The Morgan fingerprint density at radius 3 is 2.85 bits per heavy atom. The molecule has 0 bridgehead atoms. The molecule has 0 aromatic carbocycles. The summed E-state index contributed by atoms with van der Waals surface area (Å²) in [5.41, 5.74) is 0.811. The highest BCUT2D eigenvalue weighted by molar-refractivity contribution is 5.79. The second kappa shape index (κ2) is 7.28. The number of hydrogen-bond acceptors (Lipinski definition) is 3. The van der Waals surface area contributed by atoms with E-state index in [4.69, 9.17) is 0 Å². The summed E-state index contributed by atoms with van der Waals surface area (Å²) in [6, 6.07) is 0. The number of aryl methyl sites for hydroxylation is 1. The zero-order valence-corrected chi connectivity index (χ0v) is 12.3. The molecular formula is C14H25N5O. The largest absolute Gasteiger partial charge is 0.386 e. The molecule has 6 nitrogen and oxygen atoms in total. The second-order valence-electron chi connectivity index (χ2n) is 5.45. The quantitative estimate of drug-likeness (QED) is 0.551. The van der Waals surface area contributed by atoms with Crippen molar-refractivity contribution in [1.82, 2.24) is 20.4 Å². The van der Waals surface area contributed by atoms with Crippen molar-refractivity contribution in [3.05, 3.63) is 18.0 Å². The summed E-state index contributed by atoms with van der Waals surface area (Å²) in [5.74, 6) is 1.51. The monoisotopic (exact) mass is 279 g/mol. The van der Waals surface area contributed by atoms with Gasteiger partial charge in [0.2, 0.25) is 0 Å². The van der Waals surface area contributed by atoms with Gasteiger partial charge in [0, 0.05) is 38.9 Å². The second-order valence-corrected chi connectivity index (χ2v) is 5.45. The number of aromatic nitrogens is 2. The zero-order valence-electron chi connectivity index (χ0n) is 12.3. The molecule has 1 saturated carbocycles. The number of hydrogen-bond donors (Lipinski definition) is 3. The minimum atomic E-state index is -0.575. The lowest BCUT2D eigenvalue weighted by molar-refractivity contribution is 0.180. The van der Waals surface area contributed by atoms with E-state index in [2.05, 4.69) is 20.7 Å². The number of nitrogens with one attached hydrogen (secondary N) is 2. The van der Waals surface area contributed by atoms with Gasteiger partial charge in [0.25, 0.3) is 0 Å². The third-order valence-corrected chi connectivity index (χ3v) is 3.83. The van der Waals surface area contributed by atoms with Crippen LogP contribution in [0.4, 0.5) is 0 Å². The van der Waals surface area contributed by atoms with Crippen molar-refractivity contribution >= 4 is 5.96 Å². The molecule has 1 aliphatic rings. The lowest BCUT2D eigenvalue weighted by atomic mass is 10.1. The van der Waals surface area contributed by atoms with Gasteiger partial charge in [-0.15, -0.1) is 0 Å². The average Bonchev–Trinajstić information content (AvgIpc) is 3.10. The Morgan fingerprint density at radius 2 is 2.25 bits per heavy atom. The summed E-state index contributed by atoms with van der Waals surface area (Å²) in [4.78, 5) is 4.18. The summed E-state index contributed by atoms with van der Waals surface area (Å²) < 4.78 is 1.69. The fourth-order valence-electron chi connectivity index (χ4n) is 2.60. The van der Waals surface area contributed by atoms with Gasteiger partial charge in [0.1, 0.15) is 0 Å². The van der Waals surface area contributed by atoms with Crippen LogP contribution >= 0.6 is 0 Å². The molecule has 0 radical (unpaired) electrons. The van der Waals surface area contributed by atoms with Crippen LogP contribution < -0.4 is 10.6 Å². The van der Waals surface area contributed by atoms with E-state index in [0.717, 1.165) is 24.0 Å².